The Labute approximate surface area is 135 Å². The van der Waals surface area contributed by atoms with Crippen molar-refractivity contribution in [2.75, 3.05) is 4.72 Å². The van der Waals surface area contributed by atoms with Gasteiger partial charge in [0.1, 0.15) is 0 Å². The number of benzene rings is 2. The van der Waals surface area contributed by atoms with Crippen molar-refractivity contribution in [1.29, 1.82) is 0 Å². The molecule has 0 radical (unpaired) electrons. The zero-order chi connectivity index (χ0) is 16.3. The van der Waals surface area contributed by atoms with E-state index < -0.39 is 10.0 Å². The van der Waals surface area contributed by atoms with Gasteiger partial charge in [-0.1, -0.05) is 30.3 Å². The monoisotopic (exact) mass is 330 g/mol. The summed E-state index contributed by atoms with van der Waals surface area (Å²) >= 11 is 0. The molecule has 0 bridgehead atoms. The molecule has 2 N–H and O–H groups in total. The van der Waals surface area contributed by atoms with Crippen molar-refractivity contribution < 1.29 is 13.2 Å². The number of anilines is 1. The van der Waals surface area contributed by atoms with E-state index in [9.17, 15) is 13.2 Å². The van der Waals surface area contributed by atoms with Crippen molar-refractivity contribution in [3.63, 3.8) is 0 Å². The first kappa shape index (κ1) is 15.6. The molecule has 120 valence electrons. The summed E-state index contributed by atoms with van der Waals surface area (Å²) in [5, 5.41) is 2.93. The zero-order valence-corrected chi connectivity index (χ0v) is 13.3. The minimum atomic E-state index is -3.59. The third-order valence-electron chi connectivity index (χ3n) is 3.57. The van der Waals surface area contributed by atoms with Gasteiger partial charge in [0.25, 0.3) is 10.0 Å². The predicted molar refractivity (Wildman–Crippen MR) is 88.6 cm³/mol. The summed E-state index contributed by atoms with van der Waals surface area (Å²) < 4.78 is 27.0. The second-order valence-corrected chi connectivity index (χ2v) is 7.32. The number of hydrogen-bond donors (Lipinski definition) is 2. The molecule has 3 rings (SSSR count). The Hall–Kier alpha value is -2.34. The van der Waals surface area contributed by atoms with E-state index in [1.807, 2.05) is 0 Å². The largest absolute Gasteiger partial charge is 0.353 e. The molecule has 0 saturated heterocycles. The molecule has 23 heavy (non-hydrogen) atoms. The molecule has 1 aliphatic carbocycles. The Kier molecular flexibility index (Phi) is 4.34. The lowest BCUT2D eigenvalue weighted by molar-refractivity contribution is -0.120. The van der Waals surface area contributed by atoms with Gasteiger partial charge >= 0.3 is 0 Å². The van der Waals surface area contributed by atoms with Gasteiger partial charge < -0.3 is 5.32 Å². The van der Waals surface area contributed by atoms with Crippen LogP contribution in [0.25, 0.3) is 0 Å². The lowest BCUT2D eigenvalue weighted by atomic mass is 10.1. The smallest absolute Gasteiger partial charge is 0.261 e. The van der Waals surface area contributed by atoms with Crippen LogP contribution in [-0.4, -0.2) is 20.4 Å². The Morgan fingerprint density at radius 1 is 1.00 bits per heavy atom. The van der Waals surface area contributed by atoms with E-state index in [1.165, 1.54) is 0 Å². The van der Waals surface area contributed by atoms with Gasteiger partial charge in [0.2, 0.25) is 5.91 Å². The van der Waals surface area contributed by atoms with Crippen LogP contribution in [0, 0.1) is 0 Å². The minimum absolute atomic E-state index is 0.00474. The van der Waals surface area contributed by atoms with Crippen molar-refractivity contribution in [1.82, 2.24) is 5.32 Å². The van der Waals surface area contributed by atoms with E-state index in [2.05, 4.69) is 10.0 Å². The normalized spacial score (nSPS) is 14.3. The number of rotatable bonds is 6. The quantitative estimate of drug-likeness (QED) is 0.853. The van der Waals surface area contributed by atoms with Crippen LogP contribution in [-0.2, 0) is 21.2 Å². The Morgan fingerprint density at radius 2 is 1.65 bits per heavy atom. The summed E-state index contributed by atoms with van der Waals surface area (Å²) in [6.07, 6.45) is 2.43. The summed E-state index contributed by atoms with van der Waals surface area (Å²) in [6, 6.07) is 15.4. The maximum absolute atomic E-state index is 12.2. The van der Waals surface area contributed by atoms with Crippen molar-refractivity contribution >= 4 is 21.6 Å². The Bertz CT molecular complexity index is 782. The van der Waals surface area contributed by atoms with E-state index in [0.717, 1.165) is 18.4 Å². The molecule has 1 aliphatic rings. The Morgan fingerprint density at radius 3 is 2.26 bits per heavy atom. The molecule has 1 amide bonds. The number of sulfonamides is 1. The highest BCUT2D eigenvalue weighted by molar-refractivity contribution is 7.92. The first-order valence-electron chi connectivity index (χ1n) is 7.49. The van der Waals surface area contributed by atoms with Crippen LogP contribution >= 0.6 is 0 Å². The van der Waals surface area contributed by atoms with Gasteiger partial charge in [-0.2, -0.15) is 0 Å². The van der Waals surface area contributed by atoms with Crippen LogP contribution in [0.15, 0.2) is 59.5 Å². The summed E-state index contributed by atoms with van der Waals surface area (Å²) in [6.45, 7) is 0. The van der Waals surface area contributed by atoms with Gasteiger partial charge in [0.15, 0.2) is 0 Å². The topological polar surface area (TPSA) is 75.3 Å². The molecular weight excluding hydrogens is 312 g/mol. The lowest BCUT2D eigenvalue weighted by Gasteiger charge is -2.09. The van der Waals surface area contributed by atoms with Crippen molar-refractivity contribution in [3.05, 3.63) is 60.2 Å². The fourth-order valence-corrected chi connectivity index (χ4v) is 3.28. The number of nitrogens with one attached hydrogen (secondary N) is 2. The van der Waals surface area contributed by atoms with E-state index in [0.29, 0.717) is 18.2 Å². The average Bonchev–Trinajstić information content (AvgIpc) is 3.34. The predicted octanol–water partition coefficient (Wildman–Crippen LogP) is 2.31. The molecule has 0 atom stereocenters. The summed E-state index contributed by atoms with van der Waals surface area (Å²) in [5.74, 6) is 0.00474. The van der Waals surface area contributed by atoms with Crippen molar-refractivity contribution in [2.45, 2.75) is 30.2 Å². The molecule has 2 aromatic carbocycles. The van der Waals surface area contributed by atoms with E-state index in [1.54, 1.807) is 54.6 Å². The van der Waals surface area contributed by atoms with E-state index >= 15 is 0 Å². The van der Waals surface area contributed by atoms with Gasteiger partial charge in [-0.05, 0) is 42.7 Å². The molecule has 2 aromatic rings. The molecule has 5 nitrogen and oxygen atoms in total. The highest BCUT2D eigenvalue weighted by Crippen LogP contribution is 2.19. The van der Waals surface area contributed by atoms with Gasteiger partial charge in [0, 0.05) is 11.7 Å². The second-order valence-electron chi connectivity index (χ2n) is 5.63. The van der Waals surface area contributed by atoms with Gasteiger partial charge in [-0.25, -0.2) is 8.42 Å². The summed E-state index contributed by atoms with van der Waals surface area (Å²) in [7, 11) is -3.59. The number of hydrogen-bond acceptors (Lipinski definition) is 3. The second kappa shape index (κ2) is 6.42. The van der Waals surface area contributed by atoms with E-state index in [-0.39, 0.29) is 10.8 Å². The summed E-state index contributed by atoms with van der Waals surface area (Å²) in [5.41, 5.74) is 1.33. The third kappa shape index (κ3) is 4.32. The number of carbonyl (C=O) groups is 1. The molecule has 0 spiro atoms. The van der Waals surface area contributed by atoms with Gasteiger partial charge in [0.05, 0.1) is 11.3 Å². The Balaban J connectivity index is 1.64. The third-order valence-corrected chi connectivity index (χ3v) is 4.96. The van der Waals surface area contributed by atoms with Crippen LogP contribution in [0.4, 0.5) is 5.69 Å². The van der Waals surface area contributed by atoms with Crippen LogP contribution in [0.2, 0.25) is 0 Å². The maximum atomic E-state index is 12.2. The van der Waals surface area contributed by atoms with Gasteiger partial charge in [-0.3, -0.25) is 9.52 Å². The number of carbonyl (C=O) groups excluding carboxylic acids is 1. The van der Waals surface area contributed by atoms with Gasteiger partial charge in [-0.15, -0.1) is 0 Å². The van der Waals surface area contributed by atoms with Crippen molar-refractivity contribution in [2.24, 2.45) is 0 Å². The maximum Gasteiger partial charge on any atom is 0.261 e. The number of amides is 1. The first-order valence-corrected chi connectivity index (χ1v) is 8.97. The van der Waals surface area contributed by atoms with Crippen LogP contribution in [0.5, 0.6) is 0 Å². The van der Waals surface area contributed by atoms with Crippen LogP contribution in [0.1, 0.15) is 18.4 Å². The van der Waals surface area contributed by atoms with E-state index in [4.69, 9.17) is 0 Å². The van der Waals surface area contributed by atoms with Crippen molar-refractivity contribution in [3.8, 4) is 0 Å². The molecule has 0 heterocycles. The zero-order valence-electron chi connectivity index (χ0n) is 12.5. The highest BCUT2D eigenvalue weighted by atomic mass is 32.2. The molecular formula is C17H18N2O3S. The molecule has 0 aromatic heterocycles. The lowest BCUT2D eigenvalue weighted by Crippen LogP contribution is -2.26. The average molecular weight is 330 g/mol. The van der Waals surface area contributed by atoms with Crippen LogP contribution < -0.4 is 10.0 Å². The molecule has 1 saturated carbocycles. The molecule has 6 heteroatoms. The SMILES string of the molecule is O=C(Cc1ccc(NS(=O)(=O)c2ccccc2)cc1)NC1CC1. The minimum Gasteiger partial charge on any atom is -0.353 e. The fourth-order valence-electron chi connectivity index (χ4n) is 2.20. The molecule has 1 fully saturated rings. The van der Waals surface area contributed by atoms with Crippen LogP contribution in [0.3, 0.4) is 0 Å². The molecule has 0 unspecified atom stereocenters. The highest BCUT2D eigenvalue weighted by Gasteiger charge is 2.23. The molecule has 0 aliphatic heterocycles. The fraction of sp³-hybridized carbons (Fsp3) is 0.235. The standard InChI is InChI=1S/C17H18N2O3S/c20-17(18-14-10-11-14)12-13-6-8-15(9-7-13)19-23(21,22)16-4-2-1-3-5-16/h1-9,14,19H,10-12H2,(H,18,20). The summed E-state index contributed by atoms with van der Waals surface area (Å²) in [4.78, 5) is 12.0. The first-order chi connectivity index (χ1) is 11.0.